The molecule has 0 radical (unpaired) electrons. The fourth-order valence-electron chi connectivity index (χ4n) is 1.55. The molecule has 0 aromatic heterocycles. The first-order valence-electron chi connectivity index (χ1n) is 6.37. The lowest BCUT2D eigenvalue weighted by atomic mass is 9.88. The predicted octanol–water partition coefficient (Wildman–Crippen LogP) is 3.28. The first-order valence-corrected chi connectivity index (χ1v) is 7.12. The Morgan fingerprint density at radius 2 is 1.86 bits per heavy atom. The van der Waals surface area contributed by atoms with Crippen molar-refractivity contribution in [3.8, 4) is 5.75 Å². The molecule has 0 spiro atoms. The van der Waals surface area contributed by atoms with E-state index in [1.54, 1.807) is 18.2 Å². The highest BCUT2D eigenvalue weighted by atomic mass is 35.5. The van der Waals surface area contributed by atoms with Crippen LogP contribution in [0.3, 0.4) is 0 Å². The van der Waals surface area contributed by atoms with Gasteiger partial charge in [0, 0.05) is 16.6 Å². The van der Waals surface area contributed by atoms with E-state index in [1.165, 1.54) is 0 Å². The number of carbonyl (C=O) groups is 1. The zero-order valence-corrected chi connectivity index (χ0v) is 14.6. The Bertz CT molecular complexity index is 463. The lowest BCUT2D eigenvalue weighted by molar-refractivity contribution is -0.125. The van der Waals surface area contributed by atoms with Crippen molar-refractivity contribution in [2.45, 2.75) is 26.3 Å². The molecule has 4 nitrogen and oxygen atoms in total. The number of hydrogen-bond acceptors (Lipinski definition) is 3. The van der Waals surface area contributed by atoms with Crippen molar-refractivity contribution in [2.75, 3.05) is 13.2 Å². The van der Waals surface area contributed by atoms with Crippen molar-refractivity contribution >= 4 is 41.5 Å². The number of halogens is 3. The fraction of sp³-hybridized carbons (Fsp3) is 0.500. The minimum Gasteiger partial charge on any atom is -0.484 e. The lowest BCUT2D eigenvalue weighted by Crippen LogP contribution is -2.56. The summed E-state index contributed by atoms with van der Waals surface area (Å²) in [6.07, 6.45) is 0. The summed E-state index contributed by atoms with van der Waals surface area (Å²) in [7, 11) is 0. The molecule has 0 heterocycles. The number of nitrogens with one attached hydrogen (secondary N) is 1. The van der Waals surface area contributed by atoms with Crippen molar-refractivity contribution in [3.05, 3.63) is 28.2 Å². The molecule has 1 rings (SSSR count). The van der Waals surface area contributed by atoms with Crippen LogP contribution < -0.4 is 15.8 Å². The van der Waals surface area contributed by atoms with Crippen LogP contribution in [-0.2, 0) is 4.79 Å². The van der Waals surface area contributed by atoms with Gasteiger partial charge < -0.3 is 15.8 Å². The highest BCUT2D eigenvalue weighted by molar-refractivity contribution is 6.34. The molecule has 3 N–H and O–H groups in total. The van der Waals surface area contributed by atoms with Crippen molar-refractivity contribution in [1.29, 1.82) is 0 Å². The van der Waals surface area contributed by atoms with E-state index in [9.17, 15) is 4.79 Å². The molecule has 1 aromatic rings. The molecule has 120 valence electrons. The molecule has 0 bridgehead atoms. The number of nitrogens with two attached hydrogens (primary N) is 1. The highest BCUT2D eigenvalue weighted by Gasteiger charge is 2.28. The molecule has 1 atom stereocenters. The topological polar surface area (TPSA) is 64.3 Å². The quantitative estimate of drug-likeness (QED) is 0.823. The summed E-state index contributed by atoms with van der Waals surface area (Å²) in [4.78, 5) is 11.9. The number of carbonyl (C=O) groups excluding carboxylic acids is 1. The number of benzene rings is 1. The molecule has 1 unspecified atom stereocenters. The molecule has 0 fully saturated rings. The van der Waals surface area contributed by atoms with Crippen LogP contribution in [0.5, 0.6) is 5.75 Å². The van der Waals surface area contributed by atoms with Crippen molar-refractivity contribution in [2.24, 2.45) is 11.7 Å². The SMILES string of the molecule is CC(C)C(C)(CN)NC(=O)COc1cc(Cl)cc(Cl)c1.Cl. The van der Waals surface area contributed by atoms with Gasteiger partial charge in [-0.2, -0.15) is 0 Å². The van der Waals surface area contributed by atoms with E-state index < -0.39 is 5.54 Å². The van der Waals surface area contributed by atoms with Gasteiger partial charge in [-0.25, -0.2) is 0 Å². The maximum Gasteiger partial charge on any atom is 0.258 e. The summed E-state index contributed by atoms with van der Waals surface area (Å²) in [5.41, 5.74) is 5.26. The van der Waals surface area contributed by atoms with Gasteiger partial charge in [0.05, 0.1) is 5.54 Å². The van der Waals surface area contributed by atoms with Gasteiger partial charge >= 0.3 is 0 Å². The van der Waals surface area contributed by atoms with E-state index in [0.29, 0.717) is 22.3 Å². The molecule has 1 amide bonds. The van der Waals surface area contributed by atoms with Crippen LogP contribution in [-0.4, -0.2) is 24.6 Å². The third-order valence-corrected chi connectivity index (χ3v) is 3.77. The number of amides is 1. The van der Waals surface area contributed by atoms with Crippen LogP contribution in [0.4, 0.5) is 0 Å². The second kappa shape index (κ2) is 8.69. The standard InChI is InChI=1S/C14H20Cl2N2O2.ClH/c1-9(2)14(3,8-17)18-13(19)7-20-12-5-10(15)4-11(16)6-12;/h4-6,9H,7-8,17H2,1-3H3,(H,18,19);1H. The summed E-state index contributed by atoms with van der Waals surface area (Å²) >= 11 is 11.7. The van der Waals surface area contributed by atoms with E-state index >= 15 is 0 Å². The predicted molar refractivity (Wildman–Crippen MR) is 89.6 cm³/mol. The molecular weight excluding hydrogens is 335 g/mol. The molecular formula is C14H21Cl3N2O2. The fourth-order valence-corrected chi connectivity index (χ4v) is 2.05. The third-order valence-electron chi connectivity index (χ3n) is 3.33. The summed E-state index contributed by atoms with van der Waals surface area (Å²) in [5.74, 6) is 0.441. The summed E-state index contributed by atoms with van der Waals surface area (Å²) in [6, 6.07) is 4.80. The molecule has 0 saturated heterocycles. The third kappa shape index (κ3) is 6.30. The minimum atomic E-state index is -0.452. The van der Waals surface area contributed by atoms with Crippen LogP contribution in [0, 0.1) is 5.92 Å². The van der Waals surface area contributed by atoms with Gasteiger partial charge in [-0.3, -0.25) is 4.79 Å². The molecule has 0 aliphatic rings. The Balaban J connectivity index is 0.00000400. The van der Waals surface area contributed by atoms with Crippen LogP contribution >= 0.6 is 35.6 Å². The number of hydrogen-bond donors (Lipinski definition) is 2. The first-order chi connectivity index (χ1) is 9.26. The Hall–Kier alpha value is -0.680. The number of ether oxygens (including phenoxy) is 1. The molecule has 0 aliphatic heterocycles. The van der Waals surface area contributed by atoms with Crippen molar-refractivity contribution in [3.63, 3.8) is 0 Å². The van der Waals surface area contributed by atoms with Crippen molar-refractivity contribution < 1.29 is 9.53 Å². The maximum absolute atomic E-state index is 11.9. The largest absolute Gasteiger partial charge is 0.484 e. The van der Waals surface area contributed by atoms with E-state index in [2.05, 4.69) is 5.32 Å². The Labute approximate surface area is 141 Å². The monoisotopic (exact) mass is 354 g/mol. The smallest absolute Gasteiger partial charge is 0.258 e. The van der Waals surface area contributed by atoms with Gasteiger partial charge in [0.2, 0.25) is 0 Å². The molecule has 0 saturated carbocycles. The lowest BCUT2D eigenvalue weighted by Gasteiger charge is -2.33. The second-order valence-electron chi connectivity index (χ2n) is 5.22. The van der Waals surface area contributed by atoms with Gasteiger partial charge in [-0.1, -0.05) is 37.0 Å². The van der Waals surface area contributed by atoms with Crippen LogP contribution in [0.1, 0.15) is 20.8 Å². The highest BCUT2D eigenvalue weighted by Crippen LogP contribution is 2.24. The van der Waals surface area contributed by atoms with Crippen LogP contribution in [0.25, 0.3) is 0 Å². The second-order valence-corrected chi connectivity index (χ2v) is 6.09. The molecule has 7 heteroatoms. The maximum atomic E-state index is 11.9. The summed E-state index contributed by atoms with van der Waals surface area (Å²) in [5, 5.41) is 3.81. The van der Waals surface area contributed by atoms with Crippen LogP contribution in [0.15, 0.2) is 18.2 Å². The average Bonchev–Trinajstić information content (AvgIpc) is 2.35. The zero-order chi connectivity index (χ0) is 15.3. The Morgan fingerprint density at radius 1 is 1.33 bits per heavy atom. The zero-order valence-electron chi connectivity index (χ0n) is 12.3. The Kier molecular flexibility index (Phi) is 8.41. The Morgan fingerprint density at radius 3 is 2.29 bits per heavy atom. The van der Waals surface area contributed by atoms with Gasteiger partial charge in [0.1, 0.15) is 5.75 Å². The molecule has 1 aromatic carbocycles. The molecule has 21 heavy (non-hydrogen) atoms. The van der Waals surface area contributed by atoms with Crippen molar-refractivity contribution in [1.82, 2.24) is 5.32 Å². The van der Waals surface area contributed by atoms with Gasteiger partial charge in [0.15, 0.2) is 6.61 Å². The summed E-state index contributed by atoms with van der Waals surface area (Å²) in [6.45, 7) is 6.17. The summed E-state index contributed by atoms with van der Waals surface area (Å²) < 4.78 is 5.38. The van der Waals surface area contributed by atoms with E-state index in [1.807, 2.05) is 20.8 Å². The average molecular weight is 356 g/mol. The number of rotatable bonds is 6. The van der Waals surface area contributed by atoms with Crippen LogP contribution in [0.2, 0.25) is 10.0 Å². The van der Waals surface area contributed by atoms with Gasteiger partial charge in [-0.05, 0) is 31.0 Å². The first kappa shape index (κ1) is 20.3. The van der Waals surface area contributed by atoms with E-state index in [0.717, 1.165) is 0 Å². The van der Waals surface area contributed by atoms with Gasteiger partial charge in [-0.15, -0.1) is 12.4 Å². The van der Waals surface area contributed by atoms with E-state index in [4.69, 9.17) is 33.7 Å². The normalized spacial score (nSPS) is 13.3. The molecule has 0 aliphatic carbocycles. The van der Waals surface area contributed by atoms with E-state index in [-0.39, 0.29) is 30.8 Å². The van der Waals surface area contributed by atoms with Gasteiger partial charge in [0.25, 0.3) is 5.91 Å². The minimum absolute atomic E-state index is 0.